The number of nitrogens with two attached hydrogens (primary N) is 1. The highest BCUT2D eigenvalue weighted by Gasteiger charge is 2.32. The number of rotatable bonds is 8. The van der Waals surface area contributed by atoms with Crippen LogP contribution in [0.3, 0.4) is 0 Å². The van der Waals surface area contributed by atoms with Crippen LogP contribution in [0.15, 0.2) is 71.1 Å². The van der Waals surface area contributed by atoms with Crippen molar-refractivity contribution in [1.82, 2.24) is 15.6 Å². The summed E-state index contributed by atoms with van der Waals surface area (Å²) in [7, 11) is 1.50. The first-order chi connectivity index (χ1) is 15.8. The van der Waals surface area contributed by atoms with Gasteiger partial charge in [0.2, 0.25) is 5.91 Å². The third-order valence-corrected chi connectivity index (χ3v) is 5.20. The second-order valence-electron chi connectivity index (χ2n) is 7.93. The number of nitrogens with one attached hydrogen (secondary N) is 2. The number of hydrogen-bond acceptors (Lipinski definition) is 5. The quantitative estimate of drug-likeness (QED) is 0.278. The van der Waals surface area contributed by atoms with Gasteiger partial charge < -0.3 is 15.1 Å². The second kappa shape index (κ2) is 10.6. The van der Waals surface area contributed by atoms with Crippen LogP contribution in [0, 0.1) is 5.92 Å². The van der Waals surface area contributed by atoms with Gasteiger partial charge in [-0.15, -0.1) is 0 Å². The van der Waals surface area contributed by atoms with Crippen molar-refractivity contribution >= 4 is 17.7 Å². The van der Waals surface area contributed by atoms with Crippen molar-refractivity contribution in [3.05, 3.63) is 83.6 Å². The van der Waals surface area contributed by atoms with Crippen molar-refractivity contribution in [1.29, 1.82) is 0 Å². The Kier molecular flexibility index (Phi) is 7.63. The summed E-state index contributed by atoms with van der Waals surface area (Å²) >= 11 is 0. The van der Waals surface area contributed by atoms with E-state index in [1.807, 2.05) is 56.3 Å². The molecule has 1 heterocycles. The minimum absolute atomic E-state index is 0.0323. The van der Waals surface area contributed by atoms with E-state index in [4.69, 9.17) is 10.3 Å². The van der Waals surface area contributed by atoms with Gasteiger partial charge in [0.15, 0.2) is 5.76 Å². The molecule has 0 aliphatic rings. The van der Waals surface area contributed by atoms with Gasteiger partial charge in [-0.25, -0.2) is 5.84 Å². The van der Waals surface area contributed by atoms with E-state index in [1.54, 1.807) is 18.2 Å². The van der Waals surface area contributed by atoms with Crippen molar-refractivity contribution in [3.8, 4) is 11.3 Å². The van der Waals surface area contributed by atoms with Crippen LogP contribution >= 0.6 is 0 Å². The topological polar surface area (TPSA) is 118 Å². The molecule has 1 aromatic heterocycles. The average molecular weight is 449 g/mol. The van der Waals surface area contributed by atoms with Crippen LogP contribution in [0.1, 0.15) is 40.3 Å². The van der Waals surface area contributed by atoms with E-state index in [1.165, 1.54) is 13.1 Å². The van der Waals surface area contributed by atoms with Gasteiger partial charge in [-0.1, -0.05) is 50.2 Å². The van der Waals surface area contributed by atoms with E-state index >= 15 is 0 Å². The molecule has 0 bridgehead atoms. The lowest BCUT2D eigenvalue weighted by molar-refractivity contribution is -0.126. The van der Waals surface area contributed by atoms with Gasteiger partial charge in [-0.05, 0) is 41.8 Å². The minimum atomic E-state index is -0.826. The number of furan rings is 1. The fraction of sp³-hybridized carbons (Fsp3) is 0.240. The van der Waals surface area contributed by atoms with Crippen LogP contribution in [-0.2, 0) is 11.3 Å². The highest BCUT2D eigenvalue weighted by atomic mass is 16.4. The summed E-state index contributed by atoms with van der Waals surface area (Å²) in [5.74, 6) is 5.21. The summed E-state index contributed by atoms with van der Waals surface area (Å²) < 4.78 is 5.76. The van der Waals surface area contributed by atoms with Crippen molar-refractivity contribution in [2.45, 2.75) is 26.4 Å². The SMILES string of the molecule is CNC(=O)[C@H](C(C)C)N(N)C(=O)c1ccc(-c2cccc(CNC(=O)c3ccccc3)c2)o1. The largest absolute Gasteiger partial charge is 0.451 e. The lowest BCUT2D eigenvalue weighted by atomic mass is 10.0. The predicted octanol–water partition coefficient (Wildman–Crippen LogP) is 2.96. The van der Waals surface area contributed by atoms with E-state index in [-0.39, 0.29) is 23.5 Å². The first kappa shape index (κ1) is 23.7. The summed E-state index contributed by atoms with van der Waals surface area (Å²) in [6.07, 6.45) is 0. The van der Waals surface area contributed by atoms with Crippen molar-refractivity contribution in [2.24, 2.45) is 11.8 Å². The lowest BCUT2D eigenvalue weighted by Crippen LogP contribution is -2.55. The molecule has 0 radical (unpaired) electrons. The molecule has 2 aromatic carbocycles. The number of nitrogens with zero attached hydrogens (tertiary/aromatic N) is 1. The molecule has 0 spiro atoms. The molecular weight excluding hydrogens is 420 g/mol. The van der Waals surface area contributed by atoms with E-state index in [0.29, 0.717) is 17.9 Å². The molecule has 0 saturated carbocycles. The van der Waals surface area contributed by atoms with E-state index in [9.17, 15) is 14.4 Å². The first-order valence-corrected chi connectivity index (χ1v) is 10.6. The number of benzene rings is 2. The normalized spacial score (nSPS) is 11.7. The summed E-state index contributed by atoms with van der Waals surface area (Å²) in [6.45, 7) is 3.96. The molecule has 1 atom stereocenters. The molecule has 3 rings (SSSR count). The highest BCUT2D eigenvalue weighted by molar-refractivity contribution is 5.95. The maximum atomic E-state index is 12.8. The van der Waals surface area contributed by atoms with E-state index in [2.05, 4.69) is 10.6 Å². The molecule has 0 aliphatic heterocycles. The molecule has 0 unspecified atom stereocenters. The predicted molar refractivity (Wildman–Crippen MR) is 125 cm³/mol. The number of carbonyl (C=O) groups excluding carboxylic acids is 3. The zero-order valence-electron chi connectivity index (χ0n) is 18.9. The number of hydrazine groups is 1. The number of likely N-dealkylation sites (N-methyl/N-ethyl adjacent to an activating group) is 1. The Bertz CT molecular complexity index is 1120. The zero-order chi connectivity index (χ0) is 24.0. The van der Waals surface area contributed by atoms with Crippen molar-refractivity contribution in [3.63, 3.8) is 0 Å². The smallest absolute Gasteiger partial charge is 0.304 e. The molecule has 0 saturated heterocycles. The van der Waals surface area contributed by atoms with Gasteiger partial charge in [-0.3, -0.25) is 19.4 Å². The third-order valence-electron chi connectivity index (χ3n) is 5.20. The van der Waals surface area contributed by atoms with Gasteiger partial charge in [-0.2, -0.15) is 0 Å². The summed E-state index contributed by atoms with van der Waals surface area (Å²) in [5.41, 5.74) is 2.21. The molecule has 8 nitrogen and oxygen atoms in total. The van der Waals surface area contributed by atoms with E-state index < -0.39 is 11.9 Å². The van der Waals surface area contributed by atoms with Crippen LogP contribution in [-0.4, -0.2) is 35.8 Å². The molecule has 33 heavy (non-hydrogen) atoms. The van der Waals surface area contributed by atoms with Crippen molar-refractivity contribution in [2.75, 3.05) is 7.05 Å². The van der Waals surface area contributed by atoms with Crippen LogP contribution in [0.2, 0.25) is 0 Å². The Labute approximate surface area is 192 Å². The van der Waals surface area contributed by atoms with Crippen LogP contribution in [0.25, 0.3) is 11.3 Å². The number of carbonyl (C=O) groups is 3. The van der Waals surface area contributed by atoms with Gasteiger partial charge in [0.05, 0.1) is 0 Å². The maximum absolute atomic E-state index is 12.8. The summed E-state index contributed by atoms with van der Waals surface area (Å²) in [6, 6.07) is 18.8. The Balaban J connectivity index is 1.71. The Morgan fingerprint density at radius 3 is 2.39 bits per heavy atom. The standard InChI is InChI=1S/C25H28N4O4/c1-16(2)22(24(31)27-3)29(26)25(32)21-13-12-20(33-21)19-11-7-8-17(14-19)15-28-23(30)18-9-5-4-6-10-18/h4-14,16,22H,15,26H2,1-3H3,(H,27,31)(H,28,30)/t22-/m0/s1. The Morgan fingerprint density at radius 2 is 1.73 bits per heavy atom. The van der Waals surface area contributed by atoms with Crippen LogP contribution in [0.5, 0.6) is 0 Å². The first-order valence-electron chi connectivity index (χ1n) is 10.6. The molecule has 3 aromatic rings. The Morgan fingerprint density at radius 1 is 1.00 bits per heavy atom. The fourth-order valence-electron chi connectivity index (χ4n) is 3.47. The van der Waals surface area contributed by atoms with Gasteiger partial charge in [0, 0.05) is 24.7 Å². The maximum Gasteiger partial charge on any atom is 0.304 e. The number of amides is 3. The summed E-state index contributed by atoms with van der Waals surface area (Å²) in [4.78, 5) is 37.2. The second-order valence-corrected chi connectivity index (χ2v) is 7.93. The monoisotopic (exact) mass is 448 g/mol. The summed E-state index contributed by atoms with van der Waals surface area (Å²) in [5, 5.41) is 6.32. The van der Waals surface area contributed by atoms with Crippen LogP contribution in [0.4, 0.5) is 0 Å². The third kappa shape index (κ3) is 5.67. The molecule has 4 N–H and O–H groups in total. The minimum Gasteiger partial charge on any atom is -0.451 e. The molecule has 3 amide bonds. The van der Waals surface area contributed by atoms with Crippen molar-refractivity contribution < 1.29 is 18.8 Å². The van der Waals surface area contributed by atoms with Crippen LogP contribution < -0.4 is 16.5 Å². The molecule has 172 valence electrons. The zero-order valence-corrected chi connectivity index (χ0v) is 18.9. The lowest BCUT2D eigenvalue weighted by Gasteiger charge is -2.28. The average Bonchev–Trinajstić information content (AvgIpc) is 3.33. The van der Waals surface area contributed by atoms with E-state index in [0.717, 1.165) is 16.1 Å². The van der Waals surface area contributed by atoms with Gasteiger partial charge in [0.1, 0.15) is 11.8 Å². The Hall–Kier alpha value is -3.91. The molecule has 8 heteroatoms. The molecule has 0 fully saturated rings. The number of hydrogen-bond donors (Lipinski definition) is 3. The highest BCUT2D eigenvalue weighted by Crippen LogP contribution is 2.24. The fourth-order valence-corrected chi connectivity index (χ4v) is 3.47. The van der Waals surface area contributed by atoms with Gasteiger partial charge in [0.25, 0.3) is 5.91 Å². The van der Waals surface area contributed by atoms with Gasteiger partial charge >= 0.3 is 5.91 Å². The molecule has 0 aliphatic carbocycles. The molecular formula is C25H28N4O4.